The Balaban J connectivity index is 0.000000289. The van der Waals surface area contributed by atoms with Gasteiger partial charge in [-0.25, -0.2) is 4.98 Å². The monoisotopic (exact) mass is 1030 g/mol. The van der Waals surface area contributed by atoms with E-state index in [1.54, 1.807) is 18.2 Å². The second-order valence-electron chi connectivity index (χ2n) is 18.1. The predicted octanol–water partition coefficient (Wildman–Crippen LogP) is 15.8. The third-order valence-corrected chi connectivity index (χ3v) is 12.0. The van der Waals surface area contributed by atoms with E-state index < -0.39 is 6.85 Å². The zero-order chi connectivity index (χ0) is 46.8. The van der Waals surface area contributed by atoms with Crippen LogP contribution in [0, 0.1) is 19.0 Å². The van der Waals surface area contributed by atoms with Crippen molar-refractivity contribution < 1.29 is 33.1 Å². The molecule has 0 aliphatic rings. The third kappa shape index (κ3) is 7.98. The number of para-hydroxylation sites is 2. The molecule has 0 aliphatic carbocycles. The Hall–Kier alpha value is -6.66. The Morgan fingerprint density at radius 3 is 2.15 bits per heavy atom. The van der Waals surface area contributed by atoms with Crippen LogP contribution in [-0.2, 0) is 25.5 Å². The third-order valence-electron chi connectivity index (χ3n) is 12.0. The SMILES string of the molecule is CC(C)(C)c1ccnc(-c2[c-]cccc2)c1.[2H]C([2H])([2H])c1cccc2oc3nc4c(cc3c12)oc1c(-c2nc3ccccc3n2-c2c(C(C)C)cc(-c3ccccc3)cc2C(C)C)[c-]ccc14.[Ir]. The van der Waals surface area contributed by atoms with Gasteiger partial charge < -0.3 is 18.4 Å². The average molecular weight is 1030 g/mol. The van der Waals surface area contributed by atoms with Crippen LogP contribution >= 0.6 is 0 Å². The fraction of sp³-hybridized carbons (Fsp3) is 0.190. The Morgan fingerprint density at radius 1 is 0.677 bits per heavy atom. The fourth-order valence-electron chi connectivity index (χ4n) is 8.69. The topological polar surface area (TPSA) is 69.9 Å². The summed E-state index contributed by atoms with van der Waals surface area (Å²) in [5, 5.41) is 1.92. The van der Waals surface area contributed by atoms with Crippen LogP contribution in [0.2, 0.25) is 0 Å². The number of aromatic nitrogens is 4. The van der Waals surface area contributed by atoms with Gasteiger partial charge >= 0.3 is 0 Å². The van der Waals surface area contributed by atoms with Gasteiger partial charge in [-0.2, -0.15) is 0 Å². The molecule has 0 unspecified atom stereocenters. The molecule has 7 heteroatoms. The van der Waals surface area contributed by atoms with Crippen molar-refractivity contribution in [1.29, 1.82) is 0 Å². The second kappa shape index (κ2) is 17.4. The molecule has 0 N–H and O–H groups in total. The van der Waals surface area contributed by atoms with Gasteiger partial charge in [0.05, 0.1) is 27.8 Å². The van der Waals surface area contributed by atoms with E-state index in [0.717, 1.165) is 39.2 Å². The number of hydrogen-bond acceptors (Lipinski definition) is 5. The van der Waals surface area contributed by atoms with E-state index in [0.29, 0.717) is 44.3 Å². The predicted molar refractivity (Wildman–Crippen MR) is 263 cm³/mol. The summed E-state index contributed by atoms with van der Waals surface area (Å²) in [5.74, 6) is 1.15. The number of hydrogen-bond donors (Lipinski definition) is 0. The Labute approximate surface area is 398 Å². The number of aryl methyl sites for hydroxylation is 1. The Kier molecular flexibility index (Phi) is 10.7. The molecule has 5 aromatic heterocycles. The molecule has 6 nitrogen and oxygen atoms in total. The van der Waals surface area contributed by atoms with Gasteiger partial charge in [-0.1, -0.05) is 115 Å². The van der Waals surface area contributed by atoms with Gasteiger partial charge in [-0.15, -0.1) is 54.1 Å². The summed E-state index contributed by atoms with van der Waals surface area (Å²) in [6, 6.07) is 53.0. The first-order chi connectivity index (χ1) is 32.2. The van der Waals surface area contributed by atoms with Crippen LogP contribution in [0.15, 0.2) is 155 Å². The summed E-state index contributed by atoms with van der Waals surface area (Å²) in [4.78, 5) is 14.6. The molecule has 0 fully saturated rings. The summed E-state index contributed by atoms with van der Waals surface area (Å²) in [5.41, 5.74) is 14.8. The molecule has 0 saturated heterocycles. The molecule has 0 amide bonds. The first-order valence-electron chi connectivity index (χ1n) is 23.4. The maximum Gasteiger partial charge on any atom is 0.228 e. The van der Waals surface area contributed by atoms with Crippen LogP contribution < -0.4 is 0 Å². The van der Waals surface area contributed by atoms with Gasteiger partial charge in [-0.05, 0) is 111 Å². The molecule has 0 bridgehead atoms. The van der Waals surface area contributed by atoms with E-state index in [1.165, 1.54) is 27.8 Å². The van der Waals surface area contributed by atoms with E-state index in [9.17, 15) is 0 Å². The van der Waals surface area contributed by atoms with Crippen molar-refractivity contribution in [2.24, 2.45) is 0 Å². The minimum absolute atomic E-state index is 0. The van der Waals surface area contributed by atoms with E-state index in [1.807, 2.05) is 66.9 Å². The van der Waals surface area contributed by atoms with Gasteiger partial charge in [0.25, 0.3) is 0 Å². The molecule has 11 rings (SSSR count). The smallest absolute Gasteiger partial charge is 0.228 e. The molecule has 0 aliphatic heterocycles. The second-order valence-corrected chi connectivity index (χ2v) is 18.1. The normalized spacial score (nSPS) is 12.7. The fourth-order valence-corrected chi connectivity index (χ4v) is 8.69. The summed E-state index contributed by atoms with van der Waals surface area (Å²) < 4.78 is 39.6. The van der Waals surface area contributed by atoms with Crippen molar-refractivity contribution in [2.45, 2.75) is 72.6 Å². The molecule has 65 heavy (non-hydrogen) atoms. The molecule has 1 radical (unpaired) electrons. The molecular weight excluding hydrogens is 977 g/mol. The van der Waals surface area contributed by atoms with Crippen molar-refractivity contribution in [2.75, 3.05) is 0 Å². The van der Waals surface area contributed by atoms with Crippen LogP contribution in [0.4, 0.5) is 0 Å². The van der Waals surface area contributed by atoms with E-state index in [4.69, 9.17) is 22.9 Å². The number of imidazole rings is 1. The van der Waals surface area contributed by atoms with Crippen molar-refractivity contribution in [3.8, 4) is 39.5 Å². The van der Waals surface area contributed by atoms with Gasteiger partial charge in [0.15, 0.2) is 0 Å². The number of furan rings is 2. The number of benzene rings is 6. The number of nitrogens with zero attached hydrogens (tertiary/aromatic N) is 4. The van der Waals surface area contributed by atoms with Crippen LogP contribution in [0.1, 0.15) is 86.7 Å². The minimum atomic E-state index is -2.32. The van der Waals surface area contributed by atoms with Crippen LogP contribution in [0.5, 0.6) is 0 Å². The largest absolute Gasteiger partial charge is 0.499 e. The van der Waals surface area contributed by atoms with Gasteiger partial charge in [0, 0.05) is 41.5 Å². The number of rotatable bonds is 6. The molecular formula is C58H50IrN4O2-2. The van der Waals surface area contributed by atoms with Crippen molar-refractivity contribution >= 4 is 55.2 Å². The number of pyridine rings is 2. The summed E-state index contributed by atoms with van der Waals surface area (Å²) in [6.45, 7) is 13.3. The summed E-state index contributed by atoms with van der Waals surface area (Å²) in [6.07, 6.45) is 1.87. The van der Waals surface area contributed by atoms with E-state index >= 15 is 0 Å². The van der Waals surface area contributed by atoms with Crippen molar-refractivity contribution in [3.05, 3.63) is 180 Å². The van der Waals surface area contributed by atoms with E-state index in [2.05, 4.69) is 131 Å². The van der Waals surface area contributed by atoms with Gasteiger partial charge in [0.1, 0.15) is 16.7 Å². The minimum Gasteiger partial charge on any atom is -0.499 e. The Morgan fingerprint density at radius 2 is 1.43 bits per heavy atom. The average Bonchev–Trinajstić information content (AvgIpc) is 4.01. The van der Waals surface area contributed by atoms with Crippen molar-refractivity contribution in [3.63, 3.8) is 0 Å². The Bertz CT molecular complexity index is 3590. The van der Waals surface area contributed by atoms with Crippen LogP contribution in [-0.4, -0.2) is 19.5 Å². The number of fused-ring (bicyclic) bond motifs is 7. The summed E-state index contributed by atoms with van der Waals surface area (Å²) >= 11 is 0. The molecule has 0 saturated carbocycles. The van der Waals surface area contributed by atoms with Crippen LogP contribution in [0.25, 0.3) is 94.6 Å². The molecule has 5 heterocycles. The van der Waals surface area contributed by atoms with Crippen LogP contribution in [0.3, 0.4) is 0 Å². The zero-order valence-corrected chi connectivity index (χ0v) is 39.8. The first-order valence-corrected chi connectivity index (χ1v) is 21.9. The van der Waals surface area contributed by atoms with E-state index in [-0.39, 0.29) is 42.9 Å². The molecule has 6 aromatic carbocycles. The standard InChI is InChI=1S/C43H34N3O2.C15H16N.Ir/c1-24(2)31-21-28(27-14-7-6-8-15-27)22-32(25(3)4)40(31)46-35-19-10-9-18-34(35)44-42(46)30-17-12-16-29-39-37(47-41(29)30)23-33-38-26(5)13-11-20-36(38)48-43(33)45-39;1-15(2,3)13-9-10-16-14(11-13)12-7-5-4-6-8-12;/h6-16,18-25H,1-5H3;4-7,9-11H,1-3H3;/q2*-1;/i5D3;;. The molecule has 11 aromatic rings. The van der Waals surface area contributed by atoms with Gasteiger partial charge in [-0.3, -0.25) is 4.98 Å². The molecule has 0 spiro atoms. The quantitative estimate of drug-likeness (QED) is 0.155. The molecule has 325 valence electrons. The van der Waals surface area contributed by atoms with Gasteiger partial charge in [0.2, 0.25) is 5.71 Å². The van der Waals surface area contributed by atoms with Crippen molar-refractivity contribution in [1.82, 2.24) is 19.5 Å². The maximum atomic E-state index is 8.15. The zero-order valence-electron chi connectivity index (χ0n) is 40.4. The maximum absolute atomic E-state index is 8.15. The molecule has 0 atom stereocenters. The summed E-state index contributed by atoms with van der Waals surface area (Å²) in [7, 11) is 0. The first kappa shape index (κ1) is 39.9.